The Bertz CT molecular complexity index is 479. The van der Waals surface area contributed by atoms with Crippen molar-refractivity contribution in [2.75, 3.05) is 13.1 Å². The molecule has 2 aliphatic rings. The van der Waals surface area contributed by atoms with E-state index >= 15 is 0 Å². The van der Waals surface area contributed by atoms with Crippen LogP contribution in [0.5, 0.6) is 0 Å². The van der Waals surface area contributed by atoms with E-state index in [-0.39, 0.29) is 5.54 Å². The van der Waals surface area contributed by atoms with Gasteiger partial charge in [-0.15, -0.1) is 10.2 Å². The fourth-order valence-electron chi connectivity index (χ4n) is 4.14. The van der Waals surface area contributed by atoms with Gasteiger partial charge in [0.05, 0.1) is 6.54 Å². The maximum Gasteiger partial charge on any atom is 0.147 e. The zero-order valence-corrected chi connectivity index (χ0v) is 13.7. The van der Waals surface area contributed by atoms with Gasteiger partial charge in [-0.05, 0) is 37.0 Å². The lowest BCUT2D eigenvalue weighted by Crippen LogP contribution is -2.58. The predicted molar refractivity (Wildman–Crippen MR) is 83.6 cm³/mol. The Hall–Kier alpha value is -0.940. The third-order valence-electron chi connectivity index (χ3n) is 5.83. The van der Waals surface area contributed by atoms with E-state index in [1.54, 1.807) is 0 Å². The molecule has 118 valence electrons. The summed E-state index contributed by atoms with van der Waals surface area (Å²) in [5.74, 6) is 1.91. The highest BCUT2D eigenvalue weighted by Crippen LogP contribution is 2.44. The summed E-state index contributed by atoms with van der Waals surface area (Å²) in [6.45, 7) is 10.8. The standard InChI is InChI=1S/C16H29N5/c1-15(2,3)13-4-6-16(11-17,7-5-13)21-9-8-20-12-18-19-14(20)10-21/h12-13H,4-11,17H2,1-3H3. The van der Waals surface area contributed by atoms with Crippen LogP contribution in [0.1, 0.15) is 52.3 Å². The number of rotatable bonds is 2. The van der Waals surface area contributed by atoms with E-state index in [0.29, 0.717) is 5.41 Å². The first-order chi connectivity index (χ1) is 9.94. The Morgan fingerprint density at radius 2 is 2.00 bits per heavy atom. The largest absolute Gasteiger partial charge is 0.329 e. The van der Waals surface area contributed by atoms with Crippen LogP contribution in [-0.4, -0.2) is 38.3 Å². The number of hydrogen-bond donors (Lipinski definition) is 1. The second-order valence-corrected chi connectivity index (χ2v) is 7.93. The van der Waals surface area contributed by atoms with Crippen molar-refractivity contribution in [1.82, 2.24) is 19.7 Å². The van der Waals surface area contributed by atoms with Gasteiger partial charge in [-0.1, -0.05) is 20.8 Å². The molecule has 0 bridgehead atoms. The summed E-state index contributed by atoms with van der Waals surface area (Å²) >= 11 is 0. The number of fused-ring (bicyclic) bond motifs is 1. The Morgan fingerprint density at radius 3 is 2.62 bits per heavy atom. The van der Waals surface area contributed by atoms with E-state index < -0.39 is 0 Å². The lowest BCUT2D eigenvalue weighted by atomic mass is 9.66. The molecule has 1 fully saturated rings. The van der Waals surface area contributed by atoms with Crippen molar-refractivity contribution in [2.24, 2.45) is 17.1 Å². The van der Waals surface area contributed by atoms with E-state index in [0.717, 1.165) is 37.9 Å². The fraction of sp³-hybridized carbons (Fsp3) is 0.875. The van der Waals surface area contributed by atoms with Crippen LogP contribution in [0, 0.1) is 11.3 Å². The average molecular weight is 291 g/mol. The van der Waals surface area contributed by atoms with Crippen LogP contribution >= 0.6 is 0 Å². The summed E-state index contributed by atoms with van der Waals surface area (Å²) in [6.07, 6.45) is 6.88. The van der Waals surface area contributed by atoms with Gasteiger partial charge in [-0.2, -0.15) is 0 Å². The molecular weight excluding hydrogens is 262 g/mol. The molecule has 0 atom stereocenters. The van der Waals surface area contributed by atoms with Gasteiger partial charge >= 0.3 is 0 Å². The third-order valence-corrected chi connectivity index (χ3v) is 5.83. The highest BCUT2D eigenvalue weighted by Gasteiger charge is 2.42. The molecule has 0 unspecified atom stereocenters. The molecule has 1 aromatic heterocycles. The van der Waals surface area contributed by atoms with E-state index in [4.69, 9.17) is 5.73 Å². The molecule has 1 saturated carbocycles. The van der Waals surface area contributed by atoms with E-state index in [2.05, 4.69) is 40.4 Å². The molecule has 0 amide bonds. The summed E-state index contributed by atoms with van der Waals surface area (Å²) in [4.78, 5) is 2.58. The van der Waals surface area contributed by atoms with Crippen molar-refractivity contribution in [3.8, 4) is 0 Å². The molecule has 0 aromatic carbocycles. The lowest BCUT2D eigenvalue weighted by Gasteiger charge is -2.50. The summed E-state index contributed by atoms with van der Waals surface area (Å²) in [6, 6.07) is 0. The Morgan fingerprint density at radius 1 is 1.29 bits per heavy atom. The minimum atomic E-state index is 0.180. The number of aromatic nitrogens is 3. The molecule has 5 nitrogen and oxygen atoms in total. The van der Waals surface area contributed by atoms with Crippen molar-refractivity contribution >= 4 is 0 Å². The minimum Gasteiger partial charge on any atom is -0.329 e. The quantitative estimate of drug-likeness (QED) is 0.905. The number of nitrogens with two attached hydrogens (primary N) is 1. The van der Waals surface area contributed by atoms with Gasteiger partial charge in [0.25, 0.3) is 0 Å². The van der Waals surface area contributed by atoms with Crippen LogP contribution in [0.3, 0.4) is 0 Å². The van der Waals surface area contributed by atoms with Gasteiger partial charge in [-0.3, -0.25) is 4.90 Å². The van der Waals surface area contributed by atoms with Gasteiger partial charge in [-0.25, -0.2) is 0 Å². The van der Waals surface area contributed by atoms with Gasteiger partial charge in [0.15, 0.2) is 0 Å². The van der Waals surface area contributed by atoms with Crippen LogP contribution in [-0.2, 0) is 13.1 Å². The summed E-state index contributed by atoms with van der Waals surface area (Å²) in [5, 5.41) is 8.28. The van der Waals surface area contributed by atoms with Crippen molar-refractivity contribution in [1.29, 1.82) is 0 Å². The first-order valence-corrected chi connectivity index (χ1v) is 8.26. The number of hydrogen-bond acceptors (Lipinski definition) is 4. The first-order valence-electron chi connectivity index (χ1n) is 8.26. The topological polar surface area (TPSA) is 60.0 Å². The van der Waals surface area contributed by atoms with Crippen molar-refractivity contribution in [3.05, 3.63) is 12.2 Å². The van der Waals surface area contributed by atoms with Crippen LogP contribution in [0.2, 0.25) is 0 Å². The molecule has 0 saturated heterocycles. The third kappa shape index (κ3) is 2.73. The molecule has 1 aliphatic carbocycles. The van der Waals surface area contributed by atoms with E-state index in [1.807, 2.05) is 6.33 Å². The first kappa shape index (κ1) is 15.0. The maximum atomic E-state index is 6.23. The minimum absolute atomic E-state index is 0.180. The van der Waals surface area contributed by atoms with Crippen molar-refractivity contribution < 1.29 is 0 Å². The smallest absolute Gasteiger partial charge is 0.147 e. The average Bonchev–Trinajstić information content (AvgIpc) is 2.93. The molecule has 2 heterocycles. The van der Waals surface area contributed by atoms with Crippen molar-refractivity contribution in [3.63, 3.8) is 0 Å². The van der Waals surface area contributed by atoms with Crippen LogP contribution in [0.4, 0.5) is 0 Å². The maximum absolute atomic E-state index is 6.23. The second-order valence-electron chi connectivity index (χ2n) is 7.93. The fourth-order valence-corrected chi connectivity index (χ4v) is 4.14. The number of nitrogens with zero attached hydrogens (tertiary/aromatic N) is 4. The van der Waals surface area contributed by atoms with Crippen LogP contribution in [0.15, 0.2) is 6.33 Å². The zero-order chi connectivity index (χ0) is 15.1. The van der Waals surface area contributed by atoms with E-state index in [9.17, 15) is 0 Å². The molecule has 1 aliphatic heterocycles. The molecular formula is C16H29N5. The van der Waals surface area contributed by atoms with Gasteiger partial charge < -0.3 is 10.3 Å². The zero-order valence-electron chi connectivity index (χ0n) is 13.7. The summed E-state index contributed by atoms with van der Waals surface area (Å²) in [5.41, 5.74) is 6.83. The van der Waals surface area contributed by atoms with Gasteiger partial charge in [0, 0.05) is 25.2 Å². The summed E-state index contributed by atoms with van der Waals surface area (Å²) < 4.78 is 2.17. The normalized spacial score (nSPS) is 31.1. The molecule has 5 heteroatoms. The van der Waals surface area contributed by atoms with Crippen LogP contribution < -0.4 is 5.73 Å². The monoisotopic (exact) mass is 291 g/mol. The predicted octanol–water partition coefficient (Wildman–Crippen LogP) is 2.03. The van der Waals surface area contributed by atoms with Gasteiger partial charge in [0.2, 0.25) is 0 Å². The molecule has 0 radical (unpaired) electrons. The Labute approximate surface area is 127 Å². The Balaban J connectivity index is 1.72. The highest BCUT2D eigenvalue weighted by atomic mass is 15.3. The second kappa shape index (κ2) is 5.36. The molecule has 3 rings (SSSR count). The molecule has 21 heavy (non-hydrogen) atoms. The van der Waals surface area contributed by atoms with E-state index in [1.165, 1.54) is 25.7 Å². The van der Waals surface area contributed by atoms with Crippen molar-refractivity contribution in [2.45, 2.75) is 65.1 Å². The SMILES string of the molecule is CC(C)(C)C1CCC(CN)(N2CCn3cnnc3C2)CC1. The molecule has 1 aromatic rings. The summed E-state index contributed by atoms with van der Waals surface area (Å²) in [7, 11) is 0. The van der Waals surface area contributed by atoms with Crippen LogP contribution in [0.25, 0.3) is 0 Å². The molecule has 2 N–H and O–H groups in total. The van der Waals surface area contributed by atoms with Gasteiger partial charge in [0.1, 0.15) is 12.2 Å². The molecule has 0 spiro atoms. The lowest BCUT2D eigenvalue weighted by molar-refractivity contribution is 0.00324. The Kier molecular flexibility index (Phi) is 3.82. The highest BCUT2D eigenvalue weighted by molar-refractivity contribution is 5.01.